The minimum atomic E-state index is 0.112. The number of aromatic nitrogens is 3. The van der Waals surface area contributed by atoms with E-state index in [1.54, 1.807) is 9.58 Å². The summed E-state index contributed by atoms with van der Waals surface area (Å²) in [6, 6.07) is 0. The smallest absolute Gasteiger partial charge is 0.233 e. The van der Waals surface area contributed by atoms with Crippen molar-refractivity contribution >= 4 is 21.8 Å². The van der Waals surface area contributed by atoms with Crippen molar-refractivity contribution < 1.29 is 4.79 Å². The standard InChI is InChI=1S/C8H11BrN4O/c1-12-7-2-3-13(8(14)4-9)5-6(7)10-11-12/h2-5H2,1H3. The summed E-state index contributed by atoms with van der Waals surface area (Å²) in [5.74, 6) is 0.112. The molecule has 76 valence electrons. The van der Waals surface area contributed by atoms with Gasteiger partial charge >= 0.3 is 0 Å². The van der Waals surface area contributed by atoms with Gasteiger partial charge in [-0.25, -0.2) is 0 Å². The van der Waals surface area contributed by atoms with Gasteiger partial charge in [0.1, 0.15) is 5.69 Å². The van der Waals surface area contributed by atoms with Crippen LogP contribution in [-0.4, -0.2) is 37.7 Å². The maximum atomic E-state index is 11.4. The van der Waals surface area contributed by atoms with Gasteiger partial charge in [-0.2, -0.15) is 0 Å². The molecule has 14 heavy (non-hydrogen) atoms. The molecule has 0 aliphatic carbocycles. The summed E-state index contributed by atoms with van der Waals surface area (Å²) >= 11 is 3.16. The van der Waals surface area contributed by atoms with Crippen molar-refractivity contribution in [1.29, 1.82) is 0 Å². The summed E-state index contributed by atoms with van der Waals surface area (Å²) in [5.41, 5.74) is 2.07. The van der Waals surface area contributed by atoms with Gasteiger partial charge in [0.25, 0.3) is 0 Å². The SMILES string of the molecule is Cn1nnc2c1CCN(C(=O)CBr)C2. The van der Waals surface area contributed by atoms with Crippen molar-refractivity contribution in [3.8, 4) is 0 Å². The Bertz CT molecular complexity index is 362. The van der Waals surface area contributed by atoms with E-state index in [-0.39, 0.29) is 5.91 Å². The van der Waals surface area contributed by atoms with Gasteiger partial charge in [-0.3, -0.25) is 9.48 Å². The fourth-order valence-corrected chi connectivity index (χ4v) is 2.00. The molecule has 2 heterocycles. The van der Waals surface area contributed by atoms with Crippen LogP contribution in [0.5, 0.6) is 0 Å². The largest absolute Gasteiger partial charge is 0.336 e. The van der Waals surface area contributed by atoms with Gasteiger partial charge in [0.05, 0.1) is 17.6 Å². The molecule has 0 saturated heterocycles. The topological polar surface area (TPSA) is 51.0 Å². The van der Waals surface area contributed by atoms with Crippen LogP contribution in [0.4, 0.5) is 0 Å². The van der Waals surface area contributed by atoms with Gasteiger partial charge in [0.2, 0.25) is 5.91 Å². The number of nitrogens with zero attached hydrogens (tertiary/aromatic N) is 4. The van der Waals surface area contributed by atoms with E-state index in [1.807, 2.05) is 7.05 Å². The van der Waals surface area contributed by atoms with E-state index in [4.69, 9.17) is 0 Å². The second-order valence-corrected chi connectivity index (χ2v) is 3.87. The number of fused-ring (bicyclic) bond motifs is 1. The third-order valence-corrected chi connectivity index (χ3v) is 2.93. The highest BCUT2D eigenvalue weighted by molar-refractivity contribution is 9.09. The maximum Gasteiger partial charge on any atom is 0.233 e. The number of alkyl halides is 1. The van der Waals surface area contributed by atoms with Crippen LogP contribution in [0.25, 0.3) is 0 Å². The number of carbonyl (C=O) groups is 1. The molecule has 0 unspecified atom stereocenters. The second-order valence-electron chi connectivity index (χ2n) is 3.31. The predicted octanol–water partition coefficient (Wildman–Crippen LogP) is 0.0947. The molecule has 6 heteroatoms. The van der Waals surface area contributed by atoms with Gasteiger partial charge < -0.3 is 4.90 Å². The first-order valence-corrected chi connectivity index (χ1v) is 5.55. The summed E-state index contributed by atoms with van der Waals surface area (Å²) in [6.07, 6.45) is 0.845. The molecule has 1 aromatic heterocycles. The molecule has 0 fully saturated rings. The van der Waals surface area contributed by atoms with Crippen LogP contribution < -0.4 is 0 Å². The van der Waals surface area contributed by atoms with Crippen molar-refractivity contribution in [3.63, 3.8) is 0 Å². The molecule has 0 bridgehead atoms. The van der Waals surface area contributed by atoms with Crippen molar-refractivity contribution in [3.05, 3.63) is 11.4 Å². The molecule has 0 aromatic carbocycles. The van der Waals surface area contributed by atoms with Crippen molar-refractivity contribution in [1.82, 2.24) is 19.9 Å². The van der Waals surface area contributed by atoms with Crippen LogP contribution in [0, 0.1) is 0 Å². The summed E-state index contributed by atoms with van der Waals surface area (Å²) < 4.78 is 1.78. The Morgan fingerprint density at radius 1 is 1.64 bits per heavy atom. The van der Waals surface area contributed by atoms with Crippen LogP contribution >= 0.6 is 15.9 Å². The second kappa shape index (κ2) is 3.68. The van der Waals surface area contributed by atoms with Crippen molar-refractivity contribution in [2.45, 2.75) is 13.0 Å². The highest BCUT2D eigenvalue weighted by Gasteiger charge is 2.23. The molecule has 1 amide bonds. The van der Waals surface area contributed by atoms with E-state index in [2.05, 4.69) is 26.2 Å². The van der Waals surface area contributed by atoms with Crippen molar-refractivity contribution in [2.75, 3.05) is 11.9 Å². The Kier molecular flexibility index (Phi) is 2.54. The number of aryl methyl sites for hydroxylation is 1. The average Bonchev–Trinajstić information content (AvgIpc) is 2.59. The fraction of sp³-hybridized carbons (Fsp3) is 0.625. The molecule has 0 radical (unpaired) electrons. The van der Waals surface area contributed by atoms with Gasteiger partial charge in [-0.15, -0.1) is 5.10 Å². The van der Waals surface area contributed by atoms with Crippen molar-refractivity contribution in [2.24, 2.45) is 7.05 Å². The molecule has 0 atom stereocenters. The van der Waals surface area contributed by atoms with Gasteiger partial charge in [-0.05, 0) is 0 Å². The Morgan fingerprint density at radius 3 is 3.14 bits per heavy atom. The minimum Gasteiger partial charge on any atom is -0.336 e. The van der Waals surface area contributed by atoms with Gasteiger partial charge in [-0.1, -0.05) is 21.1 Å². The van der Waals surface area contributed by atoms with Crippen LogP contribution in [0.3, 0.4) is 0 Å². The van der Waals surface area contributed by atoms with Crippen LogP contribution in [0.2, 0.25) is 0 Å². The number of hydrogen-bond donors (Lipinski definition) is 0. The van der Waals surface area contributed by atoms with Crippen LogP contribution in [0.1, 0.15) is 11.4 Å². The first-order chi connectivity index (χ1) is 6.72. The first kappa shape index (κ1) is 9.64. The highest BCUT2D eigenvalue weighted by Crippen LogP contribution is 2.15. The summed E-state index contributed by atoms with van der Waals surface area (Å²) in [6.45, 7) is 1.35. The summed E-state index contributed by atoms with van der Waals surface area (Å²) in [5, 5.41) is 8.34. The molecule has 5 nitrogen and oxygen atoms in total. The Hall–Kier alpha value is -0.910. The lowest BCUT2D eigenvalue weighted by Gasteiger charge is -2.25. The lowest BCUT2D eigenvalue weighted by atomic mass is 10.1. The predicted molar refractivity (Wildman–Crippen MR) is 53.9 cm³/mol. The zero-order chi connectivity index (χ0) is 10.1. The Labute approximate surface area is 90.2 Å². The monoisotopic (exact) mass is 258 g/mol. The van der Waals surface area contributed by atoms with E-state index in [0.29, 0.717) is 11.9 Å². The van der Waals surface area contributed by atoms with Gasteiger partial charge in [0.15, 0.2) is 0 Å². The van der Waals surface area contributed by atoms with E-state index >= 15 is 0 Å². The van der Waals surface area contributed by atoms with E-state index in [1.165, 1.54) is 0 Å². The summed E-state index contributed by atoms with van der Waals surface area (Å²) in [7, 11) is 1.88. The molecular weight excluding hydrogens is 248 g/mol. The number of amides is 1. The molecule has 1 aliphatic heterocycles. The first-order valence-electron chi connectivity index (χ1n) is 4.43. The molecule has 0 spiro atoms. The third kappa shape index (κ3) is 1.54. The average molecular weight is 259 g/mol. The van der Waals surface area contributed by atoms with Crippen LogP contribution in [-0.2, 0) is 24.8 Å². The molecular formula is C8H11BrN4O. The fourth-order valence-electron chi connectivity index (χ4n) is 1.65. The lowest BCUT2D eigenvalue weighted by molar-refractivity contribution is -0.129. The van der Waals surface area contributed by atoms with Gasteiger partial charge in [0, 0.05) is 20.0 Å². The molecule has 1 aromatic rings. The van der Waals surface area contributed by atoms with E-state index < -0.39 is 0 Å². The highest BCUT2D eigenvalue weighted by atomic mass is 79.9. The summed E-state index contributed by atoms with van der Waals surface area (Å²) in [4.78, 5) is 13.2. The number of carbonyl (C=O) groups excluding carboxylic acids is 1. The maximum absolute atomic E-state index is 11.4. The number of halogens is 1. The zero-order valence-corrected chi connectivity index (χ0v) is 9.49. The number of hydrogen-bond acceptors (Lipinski definition) is 3. The third-order valence-electron chi connectivity index (χ3n) is 2.45. The molecule has 0 saturated carbocycles. The van der Waals surface area contributed by atoms with E-state index in [9.17, 15) is 4.79 Å². The zero-order valence-electron chi connectivity index (χ0n) is 7.90. The van der Waals surface area contributed by atoms with E-state index in [0.717, 1.165) is 24.4 Å². The minimum absolute atomic E-state index is 0.112. The number of rotatable bonds is 1. The van der Waals surface area contributed by atoms with Crippen LogP contribution in [0.15, 0.2) is 0 Å². The lowest BCUT2D eigenvalue weighted by Crippen LogP contribution is -2.37. The Morgan fingerprint density at radius 2 is 2.43 bits per heavy atom. The molecule has 2 rings (SSSR count). The normalized spacial score (nSPS) is 15.4. The molecule has 0 N–H and O–H groups in total. The molecule has 1 aliphatic rings. The quantitative estimate of drug-likeness (QED) is 0.672. The Balaban J connectivity index is 2.18.